The molecule has 0 aromatic heterocycles. The van der Waals surface area contributed by atoms with Gasteiger partial charge in [0.1, 0.15) is 5.60 Å². The summed E-state index contributed by atoms with van der Waals surface area (Å²) in [6, 6.07) is 0. The van der Waals surface area contributed by atoms with Gasteiger partial charge < -0.3 is 15.2 Å². The lowest BCUT2D eigenvalue weighted by Gasteiger charge is -2.20. The first-order valence-electron chi connectivity index (χ1n) is 5.13. The Morgan fingerprint density at radius 2 is 2.31 bits per heavy atom. The molecule has 0 saturated carbocycles. The maximum atomic E-state index is 9.87. The topological polar surface area (TPSA) is 41.5 Å². The highest BCUT2D eigenvalue weighted by Crippen LogP contribution is 2.16. The van der Waals surface area contributed by atoms with Crippen molar-refractivity contribution in [2.75, 3.05) is 26.3 Å². The fraction of sp³-hybridized carbons (Fsp3) is 1.00. The van der Waals surface area contributed by atoms with E-state index in [1.165, 1.54) is 0 Å². The molecule has 0 radical (unpaired) electrons. The predicted molar refractivity (Wildman–Crippen MR) is 52.7 cm³/mol. The van der Waals surface area contributed by atoms with Crippen molar-refractivity contribution < 1.29 is 9.84 Å². The molecule has 1 fully saturated rings. The Balaban J connectivity index is 2.04. The molecule has 1 atom stereocenters. The Morgan fingerprint density at radius 1 is 1.54 bits per heavy atom. The van der Waals surface area contributed by atoms with Gasteiger partial charge in [0, 0.05) is 19.6 Å². The molecule has 1 rings (SSSR count). The van der Waals surface area contributed by atoms with E-state index in [1.807, 2.05) is 0 Å². The maximum absolute atomic E-state index is 9.87. The van der Waals surface area contributed by atoms with Crippen LogP contribution < -0.4 is 5.32 Å². The highest BCUT2D eigenvalue weighted by molar-refractivity contribution is 4.84. The monoisotopic (exact) mass is 187 g/mol. The molecule has 1 heterocycles. The summed E-state index contributed by atoms with van der Waals surface area (Å²) in [5.74, 6) is 0.724. The molecule has 0 aromatic rings. The van der Waals surface area contributed by atoms with Crippen LogP contribution in [0.3, 0.4) is 0 Å². The van der Waals surface area contributed by atoms with Crippen LogP contribution in [-0.2, 0) is 4.74 Å². The summed E-state index contributed by atoms with van der Waals surface area (Å²) in [7, 11) is 0. The lowest BCUT2D eigenvalue weighted by atomic mass is 10.0. The zero-order chi connectivity index (χ0) is 9.73. The molecule has 0 amide bonds. The summed E-state index contributed by atoms with van der Waals surface area (Å²) in [5, 5.41) is 13.1. The van der Waals surface area contributed by atoms with E-state index in [-0.39, 0.29) is 0 Å². The van der Waals surface area contributed by atoms with Gasteiger partial charge in [-0.1, -0.05) is 13.8 Å². The second-order valence-electron chi connectivity index (χ2n) is 4.39. The minimum absolute atomic E-state index is 0.488. The van der Waals surface area contributed by atoms with Crippen LogP contribution in [0.25, 0.3) is 0 Å². The van der Waals surface area contributed by atoms with Gasteiger partial charge in [-0.2, -0.15) is 0 Å². The molecule has 78 valence electrons. The molecule has 0 aliphatic carbocycles. The van der Waals surface area contributed by atoms with Crippen LogP contribution in [0.15, 0.2) is 0 Å². The Labute approximate surface area is 80.5 Å². The smallest absolute Gasteiger partial charge is 0.102 e. The fourth-order valence-corrected chi connectivity index (χ4v) is 1.45. The largest absolute Gasteiger partial charge is 0.386 e. The van der Waals surface area contributed by atoms with E-state index in [4.69, 9.17) is 4.74 Å². The number of nitrogens with one attached hydrogen (secondary N) is 1. The number of hydrogen-bond acceptors (Lipinski definition) is 3. The molecule has 3 nitrogen and oxygen atoms in total. The average Bonchev–Trinajstić information content (AvgIpc) is 2.47. The van der Waals surface area contributed by atoms with Gasteiger partial charge in [-0.05, 0) is 18.9 Å². The van der Waals surface area contributed by atoms with Crippen molar-refractivity contribution in [3.05, 3.63) is 0 Å². The van der Waals surface area contributed by atoms with Crippen molar-refractivity contribution in [1.29, 1.82) is 0 Å². The van der Waals surface area contributed by atoms with Crippen LogP contribution in [0.2, 0.25) is 0 Å². The van der Waals surface area contributed by atoms with E-state index in [9.17, 15) is 5.11 Å². The van der Waals surface area contributed by atoms with Crippen molar-refractivity contribution in [2.24, 2.45) is 5.92 Å². The van der Waals surface area contributed by atoms with Gasteiger partial charge in [-0.25, -0.2) is 0 Å². The molecule has 2 N–H and O–H groups in total. The summed E-state index contributed by atoms with van der Waals surface area (Å²) in [6.07, 6.45) is 1.93. The minimum atomic E-state index is -0.600. The van der Waals surface area contributed by atoms with Crippen molar-refractivity contribution in [1.82, 2.24) is 5.32 Å². The van der Waals surface area contributed by atoms with Crippen LogP contribution in [-0.4, -0.2) is 37.0 Å². The Morgan fingerprint density at radius 3 is 2.85 bits per heavy atom. The summed E-state index contributed by atoms with van der Waals surface area (Å²) in [4.78, 5) is 0. The first-order chi connectivity index (χ1) is 6.12. The molecular weight excluding hydrogens is 166 g/mol. The van der Waals surface area contributed by atoms with Gasteiger partial charge in [0.2, 0.25) is 0 Å². The molecule has 3 heteroatoms. The Kier molecular flexibility index (Phi) is 4.16. The third kappa shape index (κ3) is 4.07. The van der Waals surface area contributed by atoms with Gasteiger partial charge in [-0.3, -0.25) is 0 Å². The molecule has 1 unspecified atom stereocenters. The molecule has 0 aromatic carbocycles. The number of aliphatic hydroxyl groups is 1. The van der Waals surface area contributed by atoms with Gasteiger partial charge >= 0.3 is 0 Å². The molecule has 1 aliphatic rings. The second kappa shape index (κ2) is 4.94. The van der Waals surface area contributed by atoms with E-state index in [1.54, 1.807) is 0 Å². The standard InChI is InChI=1S/C10H21NO2/c1-9(2)3-5-11-7-10(12)4-6-13-8-10/h9,11-12H,3-8H2,1-2H3. The van der Waals surface area contributed by atoms with Gasteiger partial charge in [-0.15, -0.1) is 0 Å². The van der Waals surface area contributed by atoms with E-state index in [0.29, 0.717) is 19.8 Å². The van der Waals surface area contributed by atoms with Crippen molar-refractivity contribution in [2.45, 2.75) is 32.3 Å². The predicted octanol–water partition coefficient (Wildman–Crippen LogP) is 0.773. The molecule has 1 saturated heterocycles. The number of hydrogen-bond donors (Lipinski definition) is 2. The van der Waals surface area contributed by atoms with Crippen molar-refractivity contribution >= 4 is 0 Å². The summed E-state index contributed by atoms with van der Waals surface area (Å²) >= 11 is 0. The van der Waals surface area contributed by atoms with E-state index >= 15 is 0 Å². The van der Waals surface area contributed by atoms with Gasteiger partial charge in [0.15, 0.2) is 0 Å². The quantitative estimate of drug-likeness (QED) is 0.625. The van der Waals surface area contributed by atoms with Crippen LogP contribution >= 0.6 is 0 Å². The van der Waals surface area contributed by atoms with Gasteiger partial charge in [0.05, 0.1) is 6.61 Å². The van der Waals surface area contributed by atoms with Crippen LogP contribution in [0.4, 0.5) is 0 Å². The van der Waals surface area contributed by atoms with Crippen LogP contribution in [0, 0.1) is 5.92 Å². The normalized spacial score (nSPS) is 28.6. The molecular formula is C10H21NO2. The second-order valence-corrected chi connectivity index (χ2v) is 4.39. The maximum Gasteiger partial charge on any atom is 0.102 e. The van der Waals surface area contributed by atoms with E-state index < -0.39 is 5.60 Å². The summed E-state index contributed by atoms with van der Waals surface area (Å²) in [6.45, 7) is 7.24. The number of rotatable bonds is 5. The lowest BCUT2D eigenvalue weighted by Crippen LogP contribution is -2.41. The van der Waals surface area contributed by atoms with Crippen LogP contribution in [0.5, 0.6) is 0 Å². The highest BCUT2D eigenvalue weighted by atomic mass is 16.5. The van der Waals surface area contributed by atoms with Crippen molar-refractivity contribution in [3.63, 3.8) is 0 Å². The fourth-order valence-electron chi connectivity index (χ4n) is 1.45. The minimum Gasteiger partial charge on any atom is -0.386 e. The first kappa shape index (κ1) is 11.0. The zero-order valence-corrected chi connectivity index (χ0v) is 8.68. The van der Waals surface area contributed by atoms with E-state index in [2.05, 4.69) is 19.2 Å². The Bertz CT molecular complexity index is 142. The third-order valence-corrected chi connectivity index (χ3v) is 2.44. The third-order valence-electron chi connectivity index (χ3n) is 2.44. The van der Waals surface area contributed by atoms with Crippen LogP contribution in [0.1, 0.15) is 26.7 Å². The van der Waals surface area contributed by atoms with Crippen molar-refractivity contribution in [3.8, 4) is 0 Å². The molecule has 0 bridgehead atoms. The SMILES string of the molecule is CC(C)CCNCC1(O)CCOC1. The van der Waals surface area contributed by atoms with Gasteiger partial charge in [0.25, 0.3) is 0 Å². The lowest BCUT2D eigenvalue weighted by molar-refractivity contribution is 0.0270. The zero-order valence-electron chi connectivity index (χ0n) is 8.68. The van der Waals surface area contributed by atoms with E-state index in [0.717, 1.165) is 25.3 Å². The number of ether oxygens (including phenoxy) is 1. The Hall–Kier alpha value is -0.120. The molecule has 13 heavy (non-hydrogen) atoms. The summed E-state index contributed by atoms with van der Waals surface area (Å²) < 4.78 is 5.15. The molecule has 0 spiro atoms. The first-order valence-corrected chi connectivity index (χ1v) is 5.13. The summed E-state index contributed by atoms with van der Waals surface area (Å²) in [5.41, 5.74) is -0.600. The molecule has 1 aliphatic heterocycles. The highest BCUT2D eigenvalue weighted by Gasteiger charge is 2.31. The average molecular weight is 187 g/mol.